The number of nitrogen functional groups attached to an aromatic ring is 2. The minimum absolute atomic E-state index is 0.750. The van der Waals surface area contributed by atoms with Crippen molar-refractivity contribution in [1.82, 2.24) is 0 Å². The molecule has 0 saturated carbocycles. The molecule has 5 aromatic rings. The molecule has 0 unspecified atom stereocenters. The lowest BCUT2D eigenvalue weighted by Crippen LogP contribution is -2.02. The van der Waals surface area contributed by atoms with Gasteiger partial charge in [0.1, 0.15) is 0 Å². The lowest BCUT2D eigenvalue weighted by molar-refractivity contribution is 0.690. The van der Waals surface area contributed by atoms with Crippen LogP contribution in [0.15, 0.2) is 84.9 Å². The highest BCUT2D eigenvalue weighted by Crippen LogP contribution is 2.33. The van der Waals surface area contributed by atoms with Crippen LogP contribution in [0, 0.1) is 0 Å². The highest BCUT2D eigenvalue weighted by molar-refractivity contribution is 6.08. The van der Waals surface area contributed by atoms with Crippen LogP contribution in [0.1, 0.15) is 24.0 Å². The molecular formula is C28H26N2. The lowest BCUT2D eigenvalue weighted by atomic mass is 9.86. The van der Waals surface area contributed by atoms with Crippen molar-refractivity contribution in [3.05, 3.63) is 96.1 Å². The van der Waals surface area contributed by atoms with E-state index in [9.17, 15) is 0 Å². The van der Waals surface area contributed by atoms with Crippen LogP contribution in [0.2, 0.25) is 0 Å². The molecule has 5 aromatic carbocycles. The molecular weight excluding hydrogens is 364 g/mol. The Morgan fingerprint density at radius 1 is 0.533 bits per heavy atom. The molecule has 0 atom stereocenters. The molecule has 0 aliphatic heterocycles. The van der Waals surface area contributed by atoms with Crippen molar-refractivity contribution in [1.29, 1.82) is 0 Å². The maximum Gasteiger partial charge on any atom is 0.0394 e. The summed E-state index contributed by atoms with van der Waals surface area (Å²) in [4.78, 5) is 0. The molecule has 1 aliphatic rings. The Kier molecular flexibility index (Phi) is 4.76. The predicted molar refractivity (Wildman–Crippen MR) is 131 cm³/mol. The van der Waals surface area contributed by atoms with Crippen molar-refractivity contribution < 1.29 is 0 Å². The summed E-state index contributed by atoms with van der Waals surface area (Å²) in [5.41, 5.74) is 16.1. The quantitative estimate of drug-likeness (QED) is 0.224. The Bertz CT molecular complexity index is 1370. The Morgan fingerprint density at radius 2 is 1.27 bits per heavy atom. The highest BCUT2D eigenvalue weighted by Gasteiger charge is 2.13. The van der Waals surface area contributed by atoms with Gasteiger partial charge in [-0.25, -0.2) is 0 Å². The summed E-state index contributed by atoms with van der Waals surface area (Å²) >= 11 is 0. The van der Waals surface area contributed by atoms with Crippen molar-refractivity contribution in [2.45, 2.75) is 25.7 Å². The number of aryl methyl sites for hydroxylation is 2. The van der Waals surface area contributed by atoms with E-state index in [2.05, 4.69) is 48.5 Å². The molecule has 0 spiro atoms. The zero-order valence-corrected chi connectivity index (χ0v) is 17.1. The second kappa shape index (κ2) is 7.72. The number of benzene rings is 5. The Balaban J connectivity index is 0.000000140. The van der Waals surface area contributed by atoms with E-state index in [4.69, 9.17) is 11.5 Å². The summed E-state index contributed by atoms with van der Waals surface area (Å²) in [7, 11) is 0. The summed E-state index contributed by atoms with van der Waals surface area (Å²) in [5.74, 6) is 0. The van der Waals surface area contributed by atoms with Crippen LogP contribution in [0.5, 0.6) is 0 Å². The molecule has 0 heterocycles. The van der Waals surface area contributed by atoms with E-state index < -0.39 is 0 Å². The first kappa shape index (κ1) is 18.5. The van der Waals surface area contributed by atoms with Crippen molar-refractivity contribution in [3.8, 4) is 0 Å². The van der Waals surface area contributed by atoms with Gasteiger partial charge in [0.2, 0.25) is 0 Å². The van der Waals surface area contributed by atoms with Crippen molar-refractivity contribution >= 4 is 43.7 Å². The van der Waals surface area contributed by atoms with Gasteiger partial charge in [-0.15, -0.1) is 0 Å². The van der Waals surface area contributed by atoms with Gasteiger partial charge in [0.15, 0.2) is 0 Å². The first-order chi connectivity index (χ1) is 14.7. The normalized spacial score (nSPS) is 13.1. The molecule has 0 saturated heterocycles. The topological polar surface area (TPSA) is 52.0 Å². The van der Waals surface area contributed by atoms with Crippen LogP contribution in [0.25, 0.3) is 32.3 Å². The predicted octanol–water partition coefficient (Wildman–Crippen LogP) is 6.88. The largest absolute Gasteiger partial charge is 0.399 e. The average Bonchev–Trinajstić information content (AvgIpc) is 2.80. The number of rotatable bonds is 0. The summed E-state index contributed by atoms with van der Waals surface area (Å²) in [6.45, 7) is 0. The smallest absolute Gasteiger partial charge is 0.0394 e. The third kappa shape index (κ3) is 3.35. The third-order valence-corrected chi connectivity index (χ3v) is 6.20. The van der Waals surface area contributed by atoms with E-state index in [1.54, 1.807) is 11.1 Å². The molecule has 6 rings (SSSR count). The molecule has 4 N–H and O–H groups in total. The van der Waals surface area contributed by atoms with Gasteiger partial charge in [0.25, 0.3) is 0 Å². The fraction of sp³-hybridized carbons (Fsp3) is 0.143. The van der Waals surface area contributed by atoms with Gasteiger partial charge in [-0.05, 0) is 81.9 Å². The summed E-state index contributed by atoms with van der Waals surface area (Å²) < 4.78 is 0. The van der Waals surface area contributed by atoms with Gasteiger partial charge in [0, 0.05) is 16.8 Å². The molecule has 2 heteroatoms. The SMILES string of the molecule is Nc1ccc2cccc(N)c2c1.c1ccc2c(c1)ccc1c3c(ccc12)CCCC3. The van der Waals surface area contributed by atoms with Gasteiger partial charge < -0.3 is 11.5 Å². The number of hydrogen-bond acceptors (Lipinski definition) is 2. The van der Waals surface area contributed by atoms with Gasteiger partial charge in [0.05, 0.1) is 0 Å². The second-order valence-corrected chi connectivity index (χ2v) is 8.12. The summed E-state index contributed by atoms with van der Waals surface area (Å²) in [5, 5.41) is 7.80. The Hall–Kier alpha value is -3.52. The minimum Gasteiger partial charge on any atom is -0.399 e. The van der Waals surface area contributed by atoms with Crippen molar-refractivity contribution in [3.63, 3.8) is 0 Å². The van der Waals surface area contributed by atoms with Gasteiger partial charge in [-0.1, -0.05) is 66.7 Å². The highest BCUT2D eigenvalue weighted by atomic mass is 14.6. The molecule has 2 nitrogen and oxygen atoms in total. The van der Waals surface area contributed by atoms with Gasteiger partial charge in [-0.3, -0.25) is 0 Å². The van der Waals surface area contributed by atoms with Crippen LogP contribution in [-0.2, 0) is 12.8 Å². The maximum absolute atomic E-state index is 5.77. The molecule has 30 heavy (non-hydrogen) atoms. The maximum atomic E-state index is 5.77. The van der Waals surface area contributed by atoms with E-state index in [1.807, 2.05) is 36.4 Å². The number of hydrogen-bond donors (Lipinski definition) is 2. The molecule has 0 amide bonds. The van der Waals surface area contributed by atoms with Crippen LogP contribution in [0.3, 0.4) is 0 Å². The van der Waals surface area contributed by atoms with E-state index >= 15 is 0 Å². The molecule has 0 fully saturated rings. The summed E-state index contributed by atoms with van der Waals surface area (Å²) in [6.07, 6.45) is 5.22. The fourth-order valence-electron chi connectivity index (χ4n) is 4.66. The van der Waals surface area contributed by atoms with E-state index in [0.717, 1.165) is 22.1 Å². The number of fused-ring (bicyclic) bond motifs is 6. The monoisotopic (exact) mass is 390 g/mol. The third-order valence-electron chi connectivity index (χ3n) is 6.20. The Morgan fingerprint density at radius 3 is 2.20 bits per heavy atom. The van der Waals surface area contributed by atoms with Crippen molar-refractivity contribution in [2.75, 3.05) is 11.5 Å². The fourth-order valence-corrected chi connectivity index (χ4v) is 4.66. The van der Waals surface area contributed by atoms with Gasteiger partial charge >= 0.3 is 0 Å². The van der Waals surface area contributed by atoms with Gasteiger partial charge in [-0.2, -0.15) is 0 Å². The van der Waals surface area contributed by atoms with E-state index in [-0.39, 0.29) is 0 Å². The molecule has 1 aliphatic carbocycles. The standard InChI is InChI=1S/C18H16.C10H10N2/c1-3-7-15-13(5-1)9-11-18-16-8-4-2-6-14(16)10-12-17(15)18;11-8-5-4-7-2-1-3-10(12)9(7)6-8/h1,3,5,7,9-12H,2,4,6,8H2;1-6H,11-12H2. The minimum atomic E-state index is 0.750. The van der Waals surface area contributed by atoms with Crippen molar-refractivity contribution in [2.24, 2.45) is 0 Å². The van der Waals surface area contributed by atoms with E-state index in [1.165, 1.54) is 47.2 Å². The molecule has 148 valence electrons. The Labute approximate surface area is 177 Å². The van der Waals surface area contributed by atoms with Crippen LogP contribution < -0.4 is 11.5 Å². The average molecular weight is 391 g/mol. The van der Waals surface area contributed by atoms with Crippen LogP contribution in [0.4, 0.5) is 11.4 Å². The molecule has 0 radical (unpaired) electrons. The van der Waals surface area contributed by atoms with Crippen LogP contribution >= 0.6 is 0 Å². The van der Waals surface area contributed by atoms with E-state index in [0.29, 0.717) is 0 Å². The lowest BCUT2D eigenvalue weighted by Gasteiger charge is -2.18. The molecule has 0 aromatic heterocycles. The second-order valence-electron chi connectivity index (χ2n) is 8.12. The molecule has 0 bridgehead atoms. The first-order valence-electron chi connectivity index (χ1n) is 10.7. The number of nitrogens with two attached hydrogens (primary N) is 2. The summed E-state index contributed by atoms with van der Waals surface area (Å²) in [6, 6.07) is 29.5. The zero-order valence-electron chi connectivity index (χ0n) is 17.1. The zero-order chi connectivity index (χ0) is 20.5. The van der Waals surface area contributed by atoms with Crippen LogP contribution in [-0.4, -0.2) is 0 Å². The first-order valence-corrected chi connectivity index (χ1v) is 10.7. The number of anilines is 2.